The van der Waals surface area contributed by atoms with Crippen LogP contribution < -0.4 is 9.80 Å². The summed E-state index contributed by atoms with van der Waals surface area (Å²) in [7, 11) is 1.76. The van der Waals surface area contributed by atoms with Gasteiger partial charge in [0, 0.05) is 48.1 Å². The topological polar surface area (TPSA) is 104 Å². The first-order chi connectivity index (χ1) is 19.4. The number of amides is 2. The highest BCUT2D eigenvalue weighted by molar-refractivity contribution is 7.14. The summed E-state index contributed by atoms with van der Waals surface area (Å²) >= 11 is 1.44. The molecule has 3 aliphatic rings. The van der Waals surface area contributed by atoms with Gasteiger partial charge in [-0.25, -0.2) is 9.97 Å². The van der Waals surface area contributed by atoms with Crippen molar-refractivity contribution >= 4 is 40.1 Å². The van der Waals surface area contributed by atoms with Gasteiger partial charge in [-0.3, -0.25) is 24.2 Å². The minimum absolute atomic E-state index is 0.0757. The smallest absolute Gasteiger partial charge is 0.304 e. The molecule has 1 aromatic carbocycles. The van der Waals surface area contributed by atoms with Crippen molar-refractivity contribution in [1.29, 1.82) is 0 Å². The molecule has 1 aliphatic heterocycles. The number of aliphatic carboxylic acids is 1. The molecule has 0 radical (unpaired) electrons. The summed E-state index contributed by atoms with van der Waals surface area (Å²) in [4.78, 5) is 50.7. The molecule has 1 N–H and O–H groups in total. The number of aryl methyl sites for hydroxylation is 1. The molecule has 2 fully saturated rings. The van der Waals surface area contributed by atoms with E-state index in [0.717, 1.165) is 66.5 Å². The number of carboxylic acid groups (broad SMARTS) is 1. The lowest BCUT2D eigenvalue weighted by Crippen LogP contribution is -2.39. The van der Waals surface area contributed by atoms with Crippen LogP contribution in [0.2, 0.25) is 0 Å². The van der Waals surface area contributed by atoms with Gasteiger partial charge in [-0.1, -0.05) is 49.9 Å². The van der Waals surface area contributed by atoms with Crippen LogP contribution in [0.4, 0.5) is 10.9 Å². The van der Waals surface area contributed by atoms with Crippen LogP contribution in [-0.4, -0.2) is 45.9 Å². The SMILES string of the molecule is CN1C(=O)CCc2cc(-c3ccccc3-c3csc(N(C(=O)C(CC(=O)O)CC4CCCC4)C4CC4)n3)cnc21. The van der Waals surface area contributed by atoms with Crippen molar-refractivity contribution in [2.75, 3.05) is 16.8 Å². The zero-order valence-corrected chi connectivity index (χ0v) is 23.5. The Hall–Kier alpha value is -3.59. The van der Waals surface area contributed by atoms with E-state index in [0.29, 0.717) is 36.1 Å². The van der Waals surface area contributed by atoms with Gasteiger partial charge < -0.3 is 5.11 Å². The minimum atomic E-state index is -0.921. The Bertz CT molecular complexity index is 1440. The Kier molecular flexibility index (Phi) is 7.40. The van der Waals surface area contributed by atoms with Crippen molar-refractivity contribution in [3.05, 3.63) is 47.5 Å². The van der Waals surface area contributed by atoms with Crippen LogP contribution in [0.5, 0.6) is 0 Å². The number of nitrogens with zero attached hydrogens (tertiary/aromatic N) is 4. The van der Waals surface area contributed by atoms with E-state index in [1.54, 1.807) is 23.0 Å². The average Bonchev–Trinajstić information content (AvgIpc) is 3.42. The highest BCUT2D eigenvalue weighted by atomic mass is 32.1. The van der Waals surface area contributed by atoms with Crippen LogP contribution in [0.3, 0.4) is 0 Å². The van der Waals surface area contributed by atoms with Gasteiger partial charge in [-0.15, -0.1) is 11.3 Å². The van der Waals surface area contributed by atoms with Gasteiger partial charge in [0.05, 0.1) is 12.1 Å². The number of pyridine rings is 1. The molecular formula is C31H34N4O4S. The number of hydrogen-bond acceptors (Lipinski definition) is 6. The minimum Gasteiger partial charge on any atom is -0.481 e. The van der Waals surface area contributed by atoms with Crippen molar-refractivity contribution in [3.63, 3.8) is 0 Å². The molecule has 2 aromatic heterocycles. The van der Waals surface area contributed by atoms with E-state index in [1.165, 1.54) is 11.3 Å². The molecule has 208 valence electrons. The van der Waals surface area contributed by atoms with E-state index >= 15 is 0 Å². The first-order valence-electron chi connectivity index (χ1n) is 14.2. The third-order valence-corrected chi connectivity index (χ3v) is 9.31. The number of carbonyl (C=O) groups excluding carboxylic acids is 2. The molecule has 2 amide bonds. The standard InChI is InChI=1S/C31H34N4O4S/c1-34-27(36)13-10-20-15-22(17-32-29(20)34)24-8-4-5-9-25(24)26-18-40-31(33-26)35(23-11-12-23)30(39)21(16-28(37)38)14-19-6-2-3-7-19/h4-5,8-9,15,17-19,21,23H,2-3,6-7,10-14,16H2,1H3,(H,37,38). The maximum absolute atomic E-state index is 13.9. The molecule has 9 heteroatoms. The van der Waals surface area contributed by atoms with E-state index in [2.05, 4.69) is 11.1 Å². The van der Waals surface area contributed by atoms with Gasteiger partial charge in [0.25, 0.3) is 0 Å². The fourth-order valence-electron chi connectivity index (χ4n) is 6.21. The molecule has 1 unspecified atom stereocenters. The monoisotopic (exact) mass is 558 g/mol. The third-order valence-electron chi connectivity index (χ3n) is 8.47. The van der Waals surface area contributed by atoms with Gasteiger partial charge in [-0.2, -0.15) is 0 Å². The Morgan fingerprint density at radius 1 is 1.12 bits per heavy atom. The fraction of sp³-hybridized carbons (Fsp3) is 0.452. The van der Waals surface area contributed by atoms with Gasteiger partial charge in [0.15, 0.2) is 5.13 Å². The number of rotatable bonds is 9. The van der Waals surface area contributed by atoms with Crippen molar-refractivity contribution in [1.82, 2.24) is 9.97 Å². The number of aromatic nitrogens is 2. The number of anilines is 2. The first kappa shape index (κ1) is 26.6. The third kappa shape index (κ3) is 5.39. The van der Waals surface area contributed by atoms with E-state index in [-0.39, 0.29) is 24.3 Å². The summed E-state index contributed by atoms with van der Waals surface area (Å²) in [6, 6.07) is 10.2. The summed E-state index contributed by atoms with van der Waals surface area (Å²) in [6.45, 7) is 0. The maximum Gasteiger partial charge on any atom is 0.304 e. The summed E-state index contributed by atoms with van der Waals surface area (Å²) < 4.78 is 0. The average molecular weight is 559 g/mol. The molecule has 2 aliphatic carbocycles. The van der Waals surface area contributed by atoms with Crippen molar-refractivity contribution < 1.29 is 19.5 Å². The normalized spacial score (nSPS) is 18.0. The summed E-state index contributed by atoms with van der Waals surface area (Å²) in [5, 5.41) is 12.2. The lowest BCUT2D eigenvalue weighted by Gasteiger charge is -2.26. The molecule has 1 atom stereocenters. The van der Waals surface area contributed by atoms with Crippen LogP contribution >= 0.6 is 11.3 Å². The molecule has 0 spiro atoms. The molecule has 2 saturated carbocycles. The van der Waals surface area contributed by atoms with Crippen LogP contribution in [0.15, 0.2) is 41.9 Å². The Morgan fingerprint density at radius 3 is 2.60 bits per heavy atom. The second kappa shape index (κ2) is 11.1. The van der Waals surface area contributed by atoms with Gasteiger partial charge in [-0.05, 0) is 48.8 Å². The predicted octanol–water partition coefficient (Wildman–Crippen LogP) is 5.95. The Balaban J connectivity index is 1.30. The summed E-state index contributed by atoms with van der Waals surface area (Å²) in [5.41, 5.74) is 4.72. The first-order valence-corrected chi connectivity index (χ1v) is 15.1. The quantitative estimate of drug-likeness (QED) is 0.348. The second-order valence-corrected chi connectivity index (χ2v) is 12.2. The maximum atomic E-state index is 13.9. The Labute approximate surface area is 238 Å². The molecule has 3 aromatic rings. The molecule has 3 heterocycles. The molecular weight excluding hydrogens is 524 g/mol. The number of carbonyl (C=O) groups is 3. The van der Waals surface area contributed by atoms with Gasteiger partial charge in [0.1, 0.15) is 5.82 Å². The summed E-state index contributed by atoms with van der Waals surface area (Å²) in [6.07, 6.45) is 9.76. The van der Waals surface area contributed by atoms with Crippen LogP contribution in [0.25, 0.3) is 22.4 Å². The lowest BCUT2D eigenvalue weighted by atomic mass is 9.90. The molecule has 8 nitrogen and oxygen atoms in total. The van der Waals surface area contributed by atoms with Crippen LogP contribution in [0.1, 0.15) is 63.4 Å². The number of carboxylic acids is 1. The van der Waals surface area contributed by atoms with E-state index < -0.39 is 11.9 Å². The van der Waals surface area contributed by atoms with Gasteiger partial charge in [0.2, 0.25) is 11.8 Å². The zero-order chi connectivity index (χ0) is 27.8. The number of thiazole rings is 1. The molecule has 6 rings (SSSR count). The number of benzene rings is 1. The highest BCUT2D eigenvalue weighted by Crippen LogP contribution is 2.41. The van der Waals surface area contributed by atoms with E-state index in [4.69, 9.17) is 4.98 Å². The second-order valence-electron chi connectivity index (χ2n) is 11.3. The highest BCUT2D eigenvalue weighted by Gasteiger charge is 2.40. The van der Waals surface area contributed by atoms with E-state index in [1.807, 2.05) is 29.6 Å². The molecule has 40 heavy (non-hydrogen) atoms. The van der Waals surface area contributed by atoms with Crippen molar-refractivity contribution in [2.24, 2.45) is 11.8 Å². The Morgan fingerprint density at radius 2 is 1.88 bits per heavy atom. The van der Waals surface area contributed by atoms with Gasteiger partial charge >= 0.3 is 5.97 Å². The molecule has 0 bridgehead atoms. The largest absolute Gasteiger partial charge is 0.481 e. The van der Waals surface area contributed by atoms with E-state index in [9.17, 15) is 19.5 Å². The fourth-order valence-corrected chi connectivity index (χ4v) is 7.11. The van der Waals surface area contributed by atoms with Crippen LogP contribution in [-0.2, 0) is 20.8 Å². The zero-order valence-electron chi connectivity index (χ0n) is 22.7. The predicted molar refractivity (Wildman–Crippen MR) is 155 cm³/mol. The lowest BCUT2D eigenvalue weighted by molar-refractivity contribution is -0.141. The number of hydrogen-bond donors (Lipinski definition) is 1. The van der Waals surface area contributed by atoms with Crippen LogP contribution in [0, 0.1) is 11.8 Å². The molecule has 0 saturated heterocycles. The number of fused-ring (bicyclic) bond motifs is 1. The van der Waals surface area contributed by atoms with Crippen molar-refractivity contribution in [3.8, 4) is 22.4 Å². The van der Waals surface area contributed by atoms with Crippen molar-refractivity contribution in [2.45, 2.75) is 70.3 Å². The summed E-state index contributed by atoms with van der Waals surface area (Å²) in [5.74, 6) is -0.325.